The first-order valence-corrected chi connectivity index (χ1v) is 5.81. The Bertz CT molecular complexity index is 322. The van der Waals surface area contributed by atoms with Gasteiger partial charge in [0.05, 0.1) is 16.6 Å². The summed E-state index contributed by atoms with van der Waals surface area (Å²) in [5.74, 6) is 0.659. The van der Waals surface area contributed by atoms with E-state index in [-0.39, 0.29) is 5.54 Å². The van der Waals surface area contributed by atoms with Gasteiger partial charge >= 0.3 is 0 Å². The van der Waals surface area contributed by atoms with Gasteiger partial charge in [0.1, 0.15) is 0 Å². The molecule has 1 fully saturated rings. The summed E-state index contributed by atoms with van der Waals surface area (Å²) < 4.78 is 6.34. The van der Waals surface area contributed by atoms with Crippen LogP contribution in [0, 0.1) is 0 Å². The minimum atomic E-state index is -0.0356. The summed E-state index contributed by atoms with van der Waals surface area (Å²) in [5.41, 5.74) is -0.0356. The fourth-order valence-electron chi connectivity index (χ4n) is 1.68. The third-order valence-electron chi connectivity index (χ3n) is 2.47. The molecule has 2 heterocycles. The second kappa shape index (κ2) is 4.45. The highest BCUT2D eigenvalue weighted by atomic mass is 79.9. The molecule has 0 bridgehead atoms. The molecule has 2 rings (SSSR count). The maximum absolute atomic E-state index is 5.45. The Labute approximate surface area is 97.6 Å². The van der Waals surface area contributed by atoms with Crippen LogP contribution >= 0.6 is 15.9 Å². The van der Waals surface area contributed by atoms with Crippen molar-refractivity contribution in [3.8, 4) is 0 Å². The lowest BCUT2D eigenvalue weighted by Gasteiger charge is -2.34. The molecule has 0 aromatic carbocycles. The maximum atomic E-state index is 5.45. The van der Waals surface area contributed by atoms with Crippen LogP contribution in [0.1, 0.15) is 19.8 Å². The van der Waals surface area contributed by atoms with Crippen LogP contribution in [0.2, 0.25) is 0 Å². The van der Waals surface area contributed by atoms with Crippen LogP contribution in [0.4, 0.5) is 5.95 Å². The van der Waals surface area contributed by atoms with Gasteiger partial charge in [-0.05, 0) is 35.7 Å². The Morgan fingerprint density at radius 1 is 1.47 bits per heavy atom. The first kappa shape index (κ1) is 10.8. The number of aromatic nitrogens is 2. The van der Waals surface area contributed by atoms with Gasteiger partial charge in [-0.25, -0.2) is 9.97 Å². The summed E-state index contributed by atoms with van der Waals surface area (Å²) in [4.78, 5) is 8.39. The summed E-state index contributed by atoms with van der Waals surface area (Å²) >= 11 is 3.31. The summed E-state index contributed by atoms with van der Waals surface area (Å²) in [6, 6.07) is 0. The standard InChI is InChI=1S/C10H14BrN3O/c1-10(3-2-4-15-7-10)14-9-12-5-8(11)6-13-9/h5-6H,2-4,7H2,1H3,(H,12,13,14). The van der Waals surface area contributed by atoms with Crippen molar-refractivity contribution < 1.29 is 4.74 Å². The van der Waals surface area contributed by atoms with Crippen molar-refractivity contribution in [2.24, 2.45) is 0 Å². The van der Waals surface area contributed by atoms with Crippen molar-refractivity contribution in [2.75, 3.05) is 18.5 Å². The monoisotopic (exact) mass is 271 g/mol. The van der Waals surface area contributed by atoms with E-state index in [2.05, 4.69) is 38.1 Å². The molecule has 0 aliphatic carbocycles. The van der Waals surface area contributed by atoms with E-state index in [9.17, 15) is 0 Å². The number of nitrogens with zero attached hydrogens (tertiary/aromatic N) is 2. The highest BCUT2D eigenvalue weighted by Gasteiger charge is 2.27. The van der Waals surface area contributed by atoms with Gasteiger partial charge in [-0.15, -0.1) is 0 Å². The van der Waals surface area contributed by atoms with E-state index in [1.807, 2.05) is 0 Å². The predicted octanol–water partition coefficient (Wildman–Crippen LogP) is 2.22. The third kappa shape index (κ3) is 2.89. The van der Waals surface area contributed by atoms with Gasteiger partial charge in [-0.2, -0.15) is 0 Å². The molecule has 1 aliphatic heterocycles. The first-order valence-electron chi connectivity index (χ1n) is 5.01. The van der Waals surface area contributed by atoms with E-state index in [1.54, 1.807) is 12.4 Å². The number of nitrogens with one attached hydrogen (secondary N) is 1. The van der Waals surface area contributed by atoms with Crippen LogP contribution in [-0.2, 0) is 4.74 Å². The molecule has 1 unspecified atom stereocenters. The third-order valence-corrected chi connectivity index (χ3v) is 2.88. The number of ether oxygens (including phenoxy) is 1. The van der Waals surface area contributed by atoms with E-state index >= 15 is 0 Å². The lowest BCUT2D eigenvalue weighted by atomic mass is 9.95. The van der Waals surface area contributed by atoms with Crippen LogP contribution < -0.4 is 5.32 Å². The lowest BCUT2D eigenvalue weighted by molar-refractivity contribution is 0.0537. The van der Waals surface area contributed by atoms with Crippen molar-refractivity contribution in [3.63, 3.8) is 0 Å². The van der Waals surface area contributed by atoms with Crippen molar-refractivity contribution >= 4 is 21.9 Å². The van der Waals surface area contributed by atoms with Crippen molar-refractivity contribution in [2.45, 2.75) is 25.3 Å². The Kier molecular flexibility index (Phi) is 3.21. The normalized spacial score (nSPS) is 26.3. The van der Waals surface area contributed by atoms with E-state index in [0.717, 1.165) is 23.9 Å². The molecule has 0 spiro atoms. The molecule has 1 atom stereocenters. The fourth-order valence-corrected chi connectivity index (χ4v) is 1.88. The number of rotatable bonds is 2. The van der Waals surface area contributed by atoms with Crippen LogP contribution in [0.15, 0.2) is 16.9 Å². The van der Waals surface area contributed by atoms with Gasteiger partial charge < -0.3 is 10.1 Å². The fraction of sp³-hybridized carbons (Fsp3) is 0.600. The molecule has 1 aliphatic rings. The molecule has 1 saturated heterocycles. The van der Waals surface area contributed by atoms with Gasteiger partial charge in [-0.1, -0.05) is 0 Å². The zero-order valence-corrected chi connectivity index (χ0v) is 10.2. The van der Waals surface area contributed by atoms with Crippen LogP contribution in [0.5, 0.6) is 0 Å². The number of anilines is 1. The zero-order chi connectivity index (χ0) is 10.7. The highest BCUT2D eigenvalue weighted by molar-refractivity contribution is 9.10. The largest absolute Gasteiger partial charge is 0.379 e. The van der Waals surface area contributed by atoms with Gasteiger partial charge in [0.15, 0.2) is 0 Å². The highest BCUT2D eigenvalue weighted by Crippen LogP contribution is 2.22. The van der Waals surface area contributed by atoms with E-state index in [0.29, 0.717) is 12.6 Å². The molecule has 0 saturated carbocycles. The molecule has 15 heavy (non-hydrogen) atoms. The zero-order valence-electron chi connectivity index (χ0n) is 8.66. The quantitative estimate of drug-likeness (QED) is 0.896. The smallest absolute Gasteiger partial charge is 0.223 e. The second-order valence-corrected chi connectivity index (χ2v) is 4.98. The molecule has 1 N–H and O–H groups in total. The minimum Gasteiger partial charge on any atom is -0.379 e. The van der Waals surface area contributed by atoms with Crippen LogP contribution in [0.25, 0.3) is 0 Å². The number of halogens is 1. The molecule has 0 amide bonds. The summed E-state index contributed by atoms with van der Waals surface area (Å²) in [6.07, 6.45) is 5.65. The second-order valence-electron chi connectivity index (χ2n) is 4.07. The summed E-state index contributed by atoms with van der Waals surface area (Å²) in [7, 11) is 0. The molecule has 4 nitrogen and oxygen atoms in total. The van der Waals surface area contributed by atoms with Crippen LogP contribution in [-0.4, -0.2) is 28.7 Å². The van der Waals surface area contributed by atoms with Crippen molar-refractivity contribution in [1.82, 2.24) is 9.97 Å². The molecule has 1 aromatic rings. The predicted molar refractivity (Wildman–Crippen MR) is 61.8 cm³/mol. The van der Waals surface area contributed by atoms with E-state index in [4.69, 9.17) is 4.74 Å². The van der Waals surface area contributed by atoms with Gasteiger partial charge in [0.2, 0.25) is 5.95 Å². The Balaban J connectivity index is 2.03. The Morgan fingerprint density at radius 3 is 2.80 bits per heavy atom. The van der Waals surface area contributed by atoms with E-state index in [1.165, 1.54) is 0 Å². The maximum Gasteiger partial charge on any atom is 0.223 e. The number of hydrogen-bond acceptors (Lipinski definition) is 4. The summed E-state index contributed by atoms with van der Waals surface area (Å²) in [6.45, 7) is 3.71. The van der Waals surface area contributed by atoms with Gasteiger partial charge in [-0.3, -0.25) is 0 Å². The van der Waals surface area contributed by atoms with E-state index < -0.39 is 0 Å². The molecule has 0 radical (unpaired) electrons. The average molecular weight is 272 g/mol. The van der Waals surface area contributed by atoms with Gasteiger partial charge in [0, 0.05) is 19.0 Å². The lowest BCUT2D eigenvalue weighted by Crippen LogP contribution is -2.43. The van der Waals surface area contributed by atoms with Crippen molar-refractivity contribution in [3.05, 3.63) is 16.9 Å². The Hall–Kier alpha value is -0.680. The molecular formula is C10H14BrN3O. The Morgan fingerprint density at radius 2 is 2.20 bits per heavy atom. The molecule has 82 valence electrons. The first-order chi connectivity index (χ1) is 7.18. The minimum absolute atomic E-state index is 0.0356. The SMILES string of the molecule is CC1(Nc2ncc(Br)cn2)CCCOC1. The molecular weight excluding hydrogens is 258 g/mol. The van der Waals surface area contributed by atoms with Gasteiger partial charge in [0.25, 0.3) is 0 Å². The molecule has 5 heteroatoms. The van der Waals surface area contributed by atoms with Crippen molar-refractivity contribution in [1.29, 1.82) is 0 Å². The number of hydrogen-bond donors (Lipinski definition) is 1. The topological polar surface area (TPSA) is 47.0 Å². The average Bonchev–Trinajstić information content (AvgIpc) is 2.22. The summed E-state index contributed by atoms with van der Waals surface area (Å²) in [5, 5.41) is 3.32. The van der Waals surface area contributed by atoms with Crippen LogP contribution in [0.3, 0.4) is 0 Å². The molecule has 1 aromatic heterocycles.